The number of nitrogens with one attached hydrogen (secondary N) is 1. The van der Waals surface area contributed by atoms with Gasteiger partial charge in [-0.15, -0.1) is 5.10 Å². The lowest BCUT2D eigenvalue weighted by Gasteiger charge is -2.20. The van der Waals surface area contributed by atoms with E-state index in [1.54, 1.807) is 17.1 Å². The minimum atomic E-state index is -0.189. The molecule has 3 aromatic heterocycles. The number of aryl methyl sites for hydroxylation is 2. The Morgan fingerprint density at radius 3 is 2.59 bits per heavy atom. The molecule has 0 radical (unpaired) electrons. The molecular weight excluding hydrogens is 400 g/mol. The molecule has 0 atom stereocenters. The number of rotatable bonds is 4. The zero-order chi connectivity index (χ0) is 22.9. The number of nitrogens with zero attached hydrogens (tertiary/aromatic N) is 5. The SMILES string of the molecule is Cc1ccc(NC(=O)c2cc(C(C)(C)C)cnc2C)cc1-n1cc(-c2cccnc2)nn1. The summed E-state index contributed by atoms with van der Waals surface area (Å²) in [5.41, 5.74) is 6.33. The van der Waals surface area contributed by atoms with E-state index in [9.17, 15) is 4.79 Å². The molecule has 1 N–H and O–H groups in total. The molecule has 0 aliphatic carbocycles. The van der Waals surface area contributed by atoms with Gasteiger partial charge in [0.05, 0.1) is 17.4 Å². The molecule has 0 aliphatic heterocycles. The zero-order valence-electron chi connectivity index (χ0n) is 18.9. The van der Waals surface area contributed by atoms with Crippen LogP contribution in [0, 0.1) is 13.8 Å². The molecule has 0 bridgehead atoms. The minimum absolute atomic E-state index is 0.0914. The predicted molar refractivity (Wildman–Crippen MR) is 125 cm³/mol. The van der Waals surface area contributed by atoms with E-state index in [1.165, 1.54) is 0 Å². The molecule has 3 heterocycles. The van der Waals surface area contributed by atoms with Gasteiger partial charge in [-0.2, -0.15) is 0 Å². The van der Waals surface area contributed by atoms with E-state index in [0.29, 0.717) is 16.9 Å². The first kappa shape index (κ1) is 21.4. The third-order valence-electron chi connectivity index (χ3n) is 5.36. The topological polar surface area (TPSA) is 85.6 Å². The lowest BCUT2D eigenvalue weighted by Crippen LogP contribution is -2.18. The van der Waals surface area contributed by atoms with Crippen molar-refractivity contribution in [2.75, 3.05) is 5.32 Å². The van der Waals surface area contributed by atoms with E-state index in [1.807, 2.05) is 62.6 Å². The summed E-state index contributed by atoms with van der Waals surface area (Å²) in [6.07, 6.45) is 7.16. The molecule has 0 aliphatic rings. The number of hydrogen-bond acceptors (Lipinski definition) is 5. The van der Waals surface area contributed by atoms with E-state index in [4.69, 9.17) is 0 Å². The van der Waals surface area contributed by atoms with Crippen molar-refractivity contribution < 1.29 is 4.79 Å². The molecule has 1 amide bonds. The maximum absolute atomic E-state index is 13.0. The molecule has 0 spiro atoms. The highest BCUT2D eigenvalue weighted by Crippen LogP contribution is 2.25. The Labute approximate surface area is 187 Å². The molecule has 0 unspecified atom stereocenters. The van der Waals surface area contributed by atoms with Crippen molar-refractivity contribution in [3.05, 3.63) is 83.6 Å². The summed E-state index contributed by atoms with van der Waals surface area (Å²) >= 11 is 0. The molecule has 32 heavy (non-hydrogen) atoms. The Morgan fingerprint density at radius 2 is 1.88 bits per heavy atom. The summed E-state index contributed by atoms with van der Waals surface area (Å²) in [4.78, 5) is 21.6. The number of carbonyl (C=O) groups is 1. The number of aromatic nitrogens is 5. The molecule has 0 saturated carbocycles. The van der Waals surface area contributed by atoms with Crippen molar-refractivity contribution in [2.24, 2.45) is 0 Å². The maximum Gasteiger partial charge on any atom is 0.257 e. The molecule has 7 heteroatoms. The largest absolute Gasteiger partial charge is 0.322 e. The summed E-state index contributed by atoms with van der Waals surface area (Å²) < 4.78 is 1.71. The Morgan fingerprint density at radius 1 is 1.06 bits per heavy atom. The van der Waals surface area contributed by atoms with Gasteiger partial charge in [0.2, 0.25) is 0 Å². The monoisotopic (exact) mass is 426 g/mol. The van der Waals surface area contributed by atoms with Gasteiger partial charge in [0.1, 0.15) is 5.69 Å². The van der Waals surface area contributed by atoms with E-state index in [0.717, 1.165) is 28.1 Å². The van der Waals surface area contributed by atoms with E-state index in [2.05, 4.69) is 46.4 Å². The molecule has 0 fully saturated rings. The van der Waals surface area contributed by atoms with Crippen LogP contribution in [0.3, 0.4) is 0 Å². The average Bonchev–Trinajstić information content (AvgIpc) is 3.25. The number of hydrogen-bond donors (Lipinski definition) is 1. The zero-order valence-corrected chi connectivity index (χ0v) is 18.9. The average molecular weight is 427 g/mol. The first-order valence-corrected chi connectivity index (χ1v) is 10.4. The van der Waals surface area contributed by atoms with Crippen LogP contribution in [0.2, 0.25) is 0 Å². The van der Waals surface area contributed by atoms with Gasteiger partial charge in [-0.3, -0.25) is 14.8 Å². The minimum Gasteiger partial charge on any atom is -0.322 e. The van der Waals surface area contributed by atoms with Crippen LogP contribution in [0.5, 0.6) is 0 Å². The number of benzene rings is 1. The normalized spacial score (nSPS) is 11.4. The Bertz CT molecular complexity index is 1270. The molecule has 0 saturated heterocycles. The number of anilines is 1. The highest BCUT2D eigenvalue weighted by atomic mass is 16.1. The molecule has 7 nitrogen and oxygen atoms in total. The smallest absolute Gasteiger partial charge is 0.257 e. The van der Waals surface area contributed by atoms with Crippen LogP contribution in [0.15, 0.2) is 61.2 Å². The quantitative estimate of drug-likeness (QED) is 0.502. The van der Waals surface area contributed by atoms with Gasteiger partial charge >= 0.3 is 0 Å². The van der Waals surface area contributed by atoms with Crippen molar-refractivity contribution in [3.8, 4) is 16.9 Å². The molecule has 4 rings (SSSR count). The van der Waals surface area contributed by atoms with Crippen molar-refractivity contribution in [1.82, 2.24) is 25.0 Å². The summed E-state index contributed by atoms with van der Waals surface area (Å²) in [5, 5.41) is 11.5. The molecule has 4 aromatic rings. The second-order valence-corrected chi connectivity index (χ2v) is 8.85. The second-order valence-electron chi connectivity index (χ2n) is 8.85. The van der Waals surface area contributed by atoms with Crippen molar-refractivity contribution >= 4 is 11.6 Å². The van der Waals surface area contributed by atoms with Crippen LogP contribution >= 0.6 is 0 Å². The Hall–Kier alpha value is -3.87. The standard InChI is InChI=1S/C25H26N6O/c1-16-8-9-20(28-24(32)21-11-19(25(3,4)5)14-27-17(21)2)12-23(16)31-15-22(29-30-31)18-7-6-10-26-13-18/h6-15H,1-5H3,(H,28,32). The molecule has 1 aromatic carbocycles. The van der Waals surface area contributed by atoms with Crippen LogP contribution in [-0.4, -0.2) is 30.9 Å². The van der Waals surface area contributed by atoms with Gasteiger partial charge in [-0.25, -0.2) is 4.68 Å². The van der Waals surface area contributed by atoms with E-state index >= 15 is 0 Å². The van der Waals surface area contributed by atoms with Gasteiger partial charge in [-0.1, -0.05) is 32.1 Å². The lowest BCUT2D eigenvalue weighted by molar-refractivity contribution is 0.102. The van der Waals surface area contributed by atoms with Crippen molar-refractivity contribution in [1.29, 1.82) is 0 Å². The summed E-state index contributed by atoms with van der Waals surface area (Å²) in [7, 11) is 0. The summed E-state index contributed by atoms with van der Waals surface area (Å²) in [5.74, 6) is -0.189. The second kappa shape index (κ2) is 8.34. The Kier molecular flexibility index (Phi) is 5.57. The fraction of sp³-hybridized carbons (Fsp3) is 0.240. The highest BCUT2D eigenvalue weighted by molar-refractivity contribution is 6.05. The van der Waals surface area contributed by atoms with E-state index < -0.39 is 0 Å². The highest BCUT2D eigenvalue weighted by Gasteiger charge is 2.19. The van der Waals surface area contributed by atoms with Crippen molar-refractivity contribution in [3.63, 3.8) is 0 Å². The summed E-state index contributed by atoms with van der Waals surface area (Å²) in [6.45, 7) is 10.1. The van der Waals surface area contributed by atoms with Crippen LogP contribution in [-0.2, 0) is 5.41 Å². The third kappa shape index (κ3) is 4.42. The first-order valence-electron chi connectivity index (χ1n) is 10.4. The number of pyridine rings is 2. The van der Waals surface area contributed by atoms with Crippen LogP contribution < -0.4 is 5.32 Å². The predicted octanol–water partition coefficient (Wildman–Crippen LogP) is 4.89. The Balaban J connectivity index is 1.62. The van der Waals surface area contributed by atoms with Crippen LogP contribution in [0.25, 0.3) is 16.9 Å². The lowest BCUT2D eigenvalue weighted by atomic mass is 9.87. The maximum atomic E-state index is 13.0. The first-order chi connectivity index (χ1) is 15.2. The number of amides is 1. The van der Waals surface area contributed by atoms with Crippen LogP contribution in [0.4, 0.5) is 5.69 Å². The third-order valence-corrected chi connectivity index (χ3v) is 5.36. The molecular formula is C25H26N6O. The van der Waals surface area contributed by atoms with Crippen LogP contribution in [0.1, 0.15) is 48.0 Å². The van der Waals surface area contributed by atoms with E-state index in [-0.39, 0.29) is 11.3 Å². The van der Waals surface area contributed by atoms with Gasteiger partial charge < -0.3 is 5.32 Å². The fourth-order valence-electron chi connectivity index (χ4n) is 3.33. The van der Waals surface area contributed by atoms with Gasteiger partial charge in [0.25, 0.3) is 5.91 Å². The summed E-state index contributed by atoms with van der Waals surface area (Å²) in [6, 6.07) is 11.4. The van der Waals surface area contributed by atoms with Gasteiger partial charge in [0, 0.05) is 35.5 Å². The number of carbonyl (C=O) groups excluding carboxylic acids is 1. The van der Waals surface area contributed by atoms with Crippen molar-refractivity contribution in [2.45, 2.75) is 40.0 Å². The van der Waals surface area contributed by atoms with Gasteiger partial charge in [-0.05, 0) is 60.7 Å². The fourth-order valence-corrected chi connectivity index (χ4v) is 3.33. The molecule has 162 valence electrons. The van der Waals surface area contributed by atoms with Gasteiger partial charge in [0.15, 0.2) is 0 Å².